The van der Waals surface area contributed by atoms with Gasteiger partial charge in [0.15, 0.2) is 0 Å². The molecular formula is C17H20ClNO2. The molecule has 1 N–H and O–H groups in total. The molecule has 0 fully saturated rings. The lowest BCUT2D eigenvalue weighted by Gasteiger charge is -2.17. The lowest BCUT2D eigenvalue weighted by atomic mass is 10.1. The quantitative estimate of drug-likeness (QED) is 0.867. The third kappa shape index (κ3) is 4.13. The average Bonchev–Trinajstić information content (AvgIpc) is 2.53. The zero-order valence-electron chi connectivity index (χ0n) is 12.5. The van der Waals surface area contributed by atoms with Gasteiger partial charge in [0.25, 0.3) is 0 Å². The van der Waals surface area contributed by atoms with Gasteiger partial charge in [-0.3, -0.25) is 0 Å². The molecule has 0 heterocycles. The summed E-state index contributed by atoms with van der Waals surface area (Å²) in [5.41, 5.74) is 2.18. The van der Waals surface area contributed by atoms with Crippen molar-refractivity contribution in [1.29, 1.82) is 0 Å². The Kier molecular flexibility index (Phi) is 5.48. The Morgan fingerprint density at radius 2 is 1.86 bits per heavy atom. The molecule has 0 aliphatic carbocycles. The fourth-order valence-electron chi connectivity index (χ4n) is 2.02. The average molecular weight is 306 g/mol. The van der Waals surface area contributed by atoms with Crippen molar-refractivity contribution in [3.05, 3.63) is 58.6 Å². The van der Waals surface area contributed by atoms with E-state index in [4.69, 9.17) is 21.1 Å². The zero-order chi connectivity index (χ0) is 15.2. The van der Waals surface area contributed by atoms with Crippen molar-refractivity contribution < 1.29 is 9.47 Å². The minimum Gasteiger partial charge on any atom is -0.497 e. The first kappa shape index (κ1) is 15.7. The fourth-order valence-corrected chi connectivity index (χ4v) is 2.15. The number of benzene rings is 2. The smallest absolute Gasteiger partial charge is 0.128 e. The molecule has 0 saturated carbocycles. The van der Waals surface area contributed by atoms with E-state index in [0.29, 0.717) is 6.61 Å². The molecule has 0 aliphatic rings. The van der Waals surface area contributed by atoms with Crippen molar-refractivity contribution in [1.82, 2.24) is 5.32 Å². The number of hydrogen-bond donors (Lipinski definition) is 1. The van der Waals surface area contributed by atoms with Gasteiger partial charge >= 0.3 is 0 Å². The number of rotatable bonds is 6. The van der Waals surface area contributed by atoms with Gasteiger partial charge in [-0.15, -0.1) is 0 Å². The molecule has 3 nitrogen and oxygen atoms in total. The maximum absolute atomic E-state index is 5.97. The van der Waals surface area contributed by atoms with Crippen molar-refractivity contribution in [2.75, 3.05) is 14.2 Å². The molecule has 0 bridgehead atoms. The second-order valence-electron chi connectivity index (χ2n) is 4.83. The van der Waals surface area contributed by atoms with E-state index in [1.54, 1.807) is 7.11 Å². The highest BCUT2D eigenvalue weighted by Gasteiger charge is 2.11. The van der Waals surface area contributed by atoms with Crippen molar-refractivity contribution in [2.45, 2.75) is 19.6 Å². The van der Waals surface area contributed by atoms with E-state index in [9.17, 15) is 0 Å². The van der Waals surface area contributed by atoms with Crippen molar-refractivity contribution in [3.8, 4) is 11.5 Å². The third-order valence-electron chi connectivity index (χ3n) is 3.43. The predicted molar refractivity (Wildman–Crippen MR) is 86.3 cm³/mol. The molecule has 0 spiro atoms. The van der Waals surface area contributed by atoms with Crippen molar-refractivity contribution in [2.24, 2.45) is 0 Å². The lowest BCUT2D eigenvalue weighted by Crippen LogP contribution is -2.13. The van der Waals surface area contributed by atoms with Crippen LogP contribution in [0.15, 0.2) is 42.5 Å². The Hall–Kier alpha value is -1.71. The van der Waals surface area contributed by atoms with Gasteiger partial charge in [-0.05, 0) is 37.7 Å². The van der Waals surface area contributed by atoms with Gasteiger partial charge in [-0.2, -0.15) is 0 Å². The van der Waals surface area contributed by atoms with Crippen LogP contribution in [0.3, 0.4) is 0 Å². The largest absolute Gasteiger partial charge is 0.497 e. The Bertz CT molecular complexity index is 584. The molecule has 21 heavy (non-hydrogen) atoms. The van der Waals surface area contributed by atoms with Crippen LogP contribution in [0, 0.1) is 0 Å². The number of nitrogens with one attached hydrogen (secondary N) is 1. The molecule has 1 unspecified atom stereocenters. The number of hydrogen-bond acceptors (Lipinski definition) is 3. The second-order valence-corrected chi connectivity index (χ2v) is 5.27. The summed E-state index contributed by atoms with van der Waals surface area (Å²) in [4.78, 5) is 0. The maximum atomic E-state index is 5.97. The van der Waals surface area contributed by atoms with Gasteiger partial charge in [-0.1, -0.05) is 29.8 Å². The van der Waals surface area contributed by atoms with E-state index in [0.717, 1.165) is 27.6 Å². The number of methoxy groups -OCH3 is 1. The molecule has 112 valence electrons. The molecule has 0 amide bonds. The van der Waals surface area contributed by atoms with Crippen LogP contribution in [-0.2, 0) is 6.61 Å². The minimum atomic E-state index is 0.205. The normalized spacial score (nSPS) is 12.0. The summed E-state index contributed by atoms with van der Waals surface area (Å²) in [5, 5.41) is 3.95. The van der Waals surface area contributed by atoms with Crippen LogP contribution in [0.5, 0.6) is 11.5 Å². The van der Waals surface area contributed by atoms with Crippen LogP contribution in [0.25, 0.3) is 0 Å². The predicted octanol–water partition coefficient (Wildman–Crippen LogP) is 4.21. The molecule has 0 aromatic heterocycles. The minimum absolute atomic E-state index is 0.205. The Balaban J connectivity index is 2.18. The number of ether oxygens (including phenoxy) is 2. The van der Waals surface area contributed by atoms with Crippen LogP contribution >= 0.6 is 11.6 Å². The molecule has 0 aliphatic heterocycles. The standard InChI is InChI=1S/C17H20ClNO2/c1-12(19-2)16-9-8-15(20-3)10-17(16)21-11-13-4-6-14(18)7-5-13/h4-10,12,19H,11H2,1-3H3. The van der Waals surface area contributed by atoms with Crippen molar-refractivity contribution >= 4 is 11.6 Å². The highest BCUT2D eigenvalue weighted by molar-refractivity contribution is 6.30. The van der Waals surface area contributed by atoms with Gasteiger partial charge in [0.2, 0.25) is 0 Å². The summed E-state index contributed by atoms with van der Waals surface area (Å²) in [6, 6.07) is 13.7. The Labute approximate surface area is 130 Å². The van der Waals surface area contributed by atoms with E-state index < -0.39 is 0 Å². The van der Waals surface area contributed by atoms with Crippen LogP contribution in [0.1, 0.15) is 24.1 Å². The van der Waals surface area contributed by atoms with Crippen molar-refractivity contribution in [3.63, 3.8) is 0 Å². The first-order valence-corrected chi connectivity index (χ1v) is 7.24. The SMILES string of the molecule is CNC(C)c1ccc(OC)cc1OCc1ccc(Cl)cc1. The second kappa shape index (κ2) is 7.34. The van der Waals surface area contributed by atoms with Gasteiger partial charge in [0, 0.05) is 22.7 Å². The summed E-state index contributed by atoms with van der Waals surface area (Å²) in [6.07, 6.45) is 0. The molecule has 0 saturated heterocycles. The number of halogens is 1. The van der Waals surface area contributed by atoms with Crippen LogP contribution in [0.2, 0.25) is 5.02 Å². The summed E-state index contributed by atoms with van der Waals surface area (Å²) < 4.78 is 11.2. The molecule has 2 rings (SSSR count). The van der Waals surface area contributed by atoms with Crippen LogP contribution in [-0.4, -0.2) is 14.2 Å². The molecule has 2 aromatic carbocycles. The maximum Gasteiger partial charge on any atom is 0.128 e. The molecule has 1 atom stereocenters. The highest BCUT2D eigenvalue weighted by Crippen LogP contribution is 2.30. The Morgan fingerprint density at radius 3 is 2.48 bits per heavy atom. The molecule has 0 radical (unpaired) electrons. The van der Waals surface area contributed by atoms with Gasteiger partial charge in [0.1, 0.15) is 18.1 Å². The van der Waals surface area contributed by atoms with E-state index in [-0.39, 0.29) is 6.04 Å². The monoisotopic (exact) mass is 305 g/mol. The van der Waals surface area contributed by atoms with Gasteiger partial charge in [-0.25, -0.2) is 0 Å². The van der Waals surface area contributed by atoms with Crippen LogP contribution < -0.4 is 14.8 Å². The van der Waals surface area contributed by atoms with E-state index in [1.807, 2.05) is 49.5 Å². The summed E-state index contributed by atoms with van der Waals surface area (Å²) in [7, 11) is 3.58. The summed E-state index contributed by atoms with van der Waals surface area (Å²) in [5.74, 6) is 1.61. The molecular weight excluding hydrogens is 286 g/mol. The van der Waals surface area contributed by atoms with E-state index in [1.165, 1.54) is 0 Å². The Morgan fingerprint density at radius 1 is 1.14 bits per heavy atom. The zero-order valence-corrected chi connectivity index (χ0v) is 13.3. The van der Waals surface area contributed by atoms with Gasteiger partial charge in [0.05, 0.1) is 7.11 Å². The van der Waals surface area contributed by atoms with E-state index >= 15 is 0 Å². The highest BCUT2D eigenvalue weighted by atomic mass is 35.5. The topological polar surface area (TPSA) is 30.5 Å². The molecule has 4 heteroatoms. The first-order chi connectivity index (χ1) is 10.1. The molecule has 2 aromatic rings. The summed E-state index contributed by atoms with van der Waals surface area (Å²) >= 11 is 5.89. The fraction of sp³-hybridized carbons (Fsp3) is 0.294. The van der Waals surface area contributed by atoms with Crippen LogP contribution in [0.4, 0.5) is 0 Å². The van der Waals surface area contributed by atoms with E-state index in [2.05, 4.69) is 12.2 Å². The lowest BCUT2D eigenvalue weighted by molar-refractivity contribution is 0.297. The first-order valence-electron chi connectivity index (χ1n) is 6.86. The third-order valence-corrected chi connectivity index (χ3v) is 3.68. The summed E-state index contributed by atoms with van der Waals surface area (Å²) in [6.45, 7) is 2.59. The van der Waals surface area contributed by atoms with Gasteiger partial charge < -0.3 is 14.8 Å².